The number of amides is 1. The minimum absolute atomic E-state index is 0.217. The summed E-state index contributed by atoms with van der Waals surface area (Å²) < 4.78 is 22.7. The Kier molecular flexibility index (Phi) is 31.3. The van der Waals surface area contributed by atoms with Crippen molar-refractivity contribution in [3.63, 3.8) is 0 Å². The Morgan fingerprint density at radius 3 is 1.58 bits per heavy atom. The van der Waals surface area contributed by atoms with Crippen molar-refractivity contribution in [2.45, 2.75) is 254 Å². The summed E-state index contributed by atoms with van der Waals surface area (Å²) in [6.07, 6.45) is 16.5. The van der Waals surface area contributed by atoms with Gasteiger partial charge in [-0.1, -0.05) is 148 Å². The van der Waals surface area contributed by atoms with Crippen LogP contribution in [0.5, 0.6) is 0 Å². The number of nitrogens with one attached hydrogen (secondary N) is 1. The monoisotopic (exact) mass is 862 g/mol. The highest BCUT2D eigenvalue weighted by atomic mass is 16.7. The van der Waals surface area contributed by atoms with Gasteiger partial charge in [0.25, 0.3) is 0 Å². The lowest BCUT2D eigenvalue weighted by molar-refractivity contribution is -0.359. The maximum absolute atomic E-state index is 13.1. The quantitative estimate of drug-likeness (QED) is 0.0292. The molecule has 12 unspecified atom stereocenters. The van der Waals surface area contributed by atoms with E-state index in [0.717, 1.165) is 64.2 Å². The summed E-state index contributed by atoms with van der Waals surface area (Å²) in [5.74, 6) is -0.217. The van der Waals surface area contributed by atoms with Gasteiger partial charge in [0, 0.05) is 6.42 Å². The molecule has 14 heteroatoms. The third kappa shape index (κ3) is 21.9. The summed E-state index contributed by atoms with van der Waals surface area (Å²) in [5, 5.41) is 86.6. The number of carbonyl (C=O) groups is 1. The highest BCUT2D eigenvalue weighted by Crippen LogP contribution is 2.30. The number of aliphatic hydroxyl groups is 8. The maximum Gasteiger partial charge on any atom is 0.220 e. The van der Waals surface area contributed by atoms with Crippen LogP contribution in [-0.4, -0.2) is 140 Å². The van der Waals surface area contributed by atoms with Gasteiger partial charge < -0.3 is 65.1 Å². The van der Waals surface area contributed by atoms with Crippen LogP contribution < -0.4 is 5.32 Å². The molecule has 9 N–H and O–H groups in total. The molecule has 2 saturated heterocycles. The van der Waals surface area contributed by atoms with Crippen LogP contribution in [0.3, 0.4) is 0 Å². The average molecular weight is 862 g/mol. The number of allylic oxidation sites excluding steroid dienone is 2. The van der Waals surface area contributed by atoms with Gasteiger partial charge in [0.15, 0.2) is 12.6 Å². The molecule has 2 aliphatic heterocycles. The van der Waals surface area contributed by atoms with Crippen LogP contribution in [0.1, 0.15) is 181 Å². The summed E-state index contributed by atoms with van der Waals surface area (Å²) in [4.78, 5) is 13.1. The van der Waals surface area contributed by atoms with E-state index in [4.69, 9.17) is 18.9 Å². The molecule has 0 aromatic heterocycles. The van der Waals surface area contributed by atoms with Gasteiger partial charge in [-0.25, -0.2) is 0 Å². The summed E-state index contributed by atoms with van der Waals surface area (Å²) in [6.45, 7) is 2.81. The number of aliphatic hydroxyl groups excluding tert-OH is 8. The second-order valence-electron chi connectivity index (χ2n) is 17.2. The van der Waals surface area contributed by atoms with Crippen LogP contribution in [0.15, 0.2) is 12.2 Å². The zero-order valence-electron chi connectivity index (χ0n) is 37.2. The zero-order valence-corrected chi connectivity index (χ0v) is 37.2. The molecule has 0 bridgehead atoms. The molecule has 2 aliphatic rings. The minimum Gasteiger partial charge on any atom is -0.394 e. The first-order chi connectivity index (χ1) is 29.1. The number of ether oxygens (including phenoxy) is 4. The van der Waals surface area contributed by atoms with E-state index in [2.05, 4.69) is 31.3 Å². The second-order valence-corrected chi connectivity index (χ2v) is 17.2. The Balaban J connectivity index is 1.85. The number of hydrogen-bond donors (Lipinski definition) is 9. The third-order valence-corrected chi connectivity index (χ3v) is 12.0. The van der Waals surface area contributed by atoms with Crippen molar-refractivity contribution in [1.82, 2.24) is 5.32 Å². The van der Waals surface area contributed by atoms with Crippen molar-refractivity contribution in [1.29, 1.82) is 0 Å². The highest BCUT2D eigenvalue weighted by molar-refractivity contribution is 5.76. The van der Waals surface area contributed by atoms with Gasteiger partial charge in [0.1, 0.15) is 48.8 Å². The zero-order chi connectivity index (χ0) is 44.0. The topological polar surface area (TPSA) is 228 Å². The number of rotatable bonds is 36. The van der Waals surface area contributed by atoms with Gasteiger partial charge in [-0.05, 0) is 38.5 Å². The lowest BCUT2D eigenvalue weighted by atomic mass is 9.97. The Bertz CT molecular complexity index is 1070. The molecule has 2 fully saturated rings. The largest absolute Gasteiger partial charge is 0.394 e. The lowest BCUT2D eigenvalue weighted by Crippen LogP contribution is -2.65. The van der Waals surface area contributed by atoms with Gasteiger partial charge in [0.05, 0.1) is 32.0 Å². The van der Waals surface area contributed by atoms with Crippen LogP contribution >= 0.6 is 0 Å². The number of unbranched alkanes of at least 4 members (excludes halogenated alkanes) is 21. The molecule has 0 aromatic carbocycles. The Hall–Kier alpha value is -1.27. The second kappa shape index (κ2) is 34.2. The summed E-state index contributed by atoms with van der Waals surface area (Å²) in [7, 11) is 0. The highest BCUT2D eigenvalue weighted by Gasteiger charge is 2.51. The molecule has 0 aromatic rings. The fraction of sp³-hybridized carbons (Fsp3) is 0.935. The summed E-state index contributed by atoms with van der Waals surface area (Å²) in [6, 6.07) is -0.826. The Morgan fingerprint density at radius 1 is 0.583 bits per heavy atom. The molecule has 0 aliphatic carbocycles. The van der Waals surface area contributed by atoms with Gasteiger partial charge >= 0.3 is 0 Å². The molecular formula is C46H87NO13. The van der Waals surface area contributed by atoms with E-state index in [-0.39, 0.29) is 12.5 Å². The van der Waals surface area contributed by atoms with Crippen molar-refractivity contribution >= 4 is 5.91 Å². The van der Waals surface area contributed by atoms with Crippen molar-refractivity contribution in [2.24, 2.45) is 0 Å². The fourth-order valence-corrected chi connectivity index (χ4v) is 7.99. The van der Waals surface area contributed by atoms with Crippen molar-refractivity contribution in [2.75, 3.05) is 19.8 Å². The molecular weight excluding hydrogens is 774 g/mol. The van der Waals surface area contributed by atoms with Crippen molar-refractivity contribution in [3.8, 4) is 0 Å². The van der Waals surface area contributed by atoms with Crippen LogP contribution in [0, 0.1) is 0 Å². The molecule has 354 valence electrons. The smallest absolute Gasteiger partial charge is 0.220 e. The van der Waals surface area contributed by atoms with Gasteiger partial charge in [-0.15, -0.1) is 0 Å². The van der Waals surface area contributed by atoms with E-state index in [9.17, 15) is 45.6 Å². The van der Waals surface area contributed by atoms with E-state index < -0.39 is 86.8 Å². The van der Waals surface area contributed by atoms with Crippen LogP contribution in [0.2, 0.25) is 0 Å². The lowest BCUT2D eigenvalue weighted by Gasteiger charge is -2.46. The average Bonchev–Trinajstić information content (AvgIpc) is 3.24. The predicted molar refractivity (Wildman–Crippen MR) is 231 cm³/mol. The van der Waals surface area contributed by atoms with Gasteiger partial charge in [-0.3, -0.25) is 4.79 Å². The summed E-state index contributed by atoms with van der Waals surface area (Å²) >= 11 is 0. The summed E-state index contributed by atoms with van der Waals surface area (Å²) in [5.41, 5.74) is 0. The molecule has 2 heterocycles. The van der Waals surface area contributed by atoms with E-state index in [0.29, 0.717) is 19.3 Å². The van der Waals surface area contributed by atoms with Crippen molar-refractivity contribution in [3.05, 3.63) is 12.2 Å². The van der Waals surface area contributed by atoms with Gasteiger partial charge in [0.2, 0.25) is 5.91 Å². The van der Waals surface area contributed by atoms with Crippen LogP contribution in [0.4, 0.5) is 0 Å². The van der Waals surface area contributed by atoms with E-state index >= 15 is 0 Å². The Morgan fingerprint density at radius 2 is 1.05 bits per heavy atom. The SMILES string of the molecule is CCCCCCCCC/C=C\CCCCCCCC(=O)NC(COC1OC(CO)C(OC2OC(CO)C(O)C(O)C2O)C(O)C1O)C(O)CCCCCCCCCCCC. The van der Waals surface area contributed by atoms with E-state index in [1.807, 2.05) is 0 Å². The number of carbonyl (C=O) groups excluding carboxylic acids is 1. The third-order valence-electron chi connectivity index (χ3n) is 12.0. The molecule has 2 rings (SSSR count). The Labute approximate surface area is 361 Å². The molecule has 1 amide bonds. The molecule has 12 atom stereocenters. The molecule has 60 heavy (non-hydrogen) atoms. The van der Waals surface area contributed by atoms with Crippen LogP contribution in [0.25, 0.3) is 0 Å². The molecule has 0 saturated carbocycles. The van der Waals surface area contributed by atoms with Crippen molar-refractivity contribution < 1.29 is 64.6 Å². The maximum atomic E-state index is 13.1. The predicted octanol–water partition coefficient (Wildman–Crippen LogP) is 5.21. The van der Waals surface area contributed by atoms with Gasteiger partial charge in [-0.2, -0.15) is 0 Å². The molecule has 0 radical (unpaired) electrons. The van der Waals surface area contributed by atoms with E-state index in [1.165, 1.54) is 83.5 Å². The first-order valence-electron chi connectivity index (χ1n) is 23.9. The number of hydrogen-bond acceptors (Lipinski definition) is 13. The molecule has 14 nitrogen and oxygen atoms in total. The minimum atomic E-state index is -1.78. The fourth-order valence-electron chi connectivity index (χ4n) is 7.99. The first kappa shape index (κ1) is 54.9. The van der Waals surface area contributed by atoms with E-state index in [1.54, 1.807) is 0 Å². The normalized spacial score (nSPS) is 28.3. The molecule has 0 spiro atoms. The van der Waals surface area contributed by atoms with Crippen LogP contribution in [-0.2, 0) is 23.7 Å². The first-order valence-corrected chi connectivity index (χ1v) is 23.9. The standard InChI is InChI=1S/C46H87NO13/c1-3-5-7-9-11-13-15-16-17-18-19-20-22-24-26-28-30-38(51)47-34(35(50)29-27-25-23-21-14-12-10-8-6-4-2)33-57-45-43(56)41(54)44(37(32-49)59-45)60-46-42(55)40(53)39(52)36(31-48)58-46/h17-18,34-37,39-46,48-50,52-56H,3-16,19-33H2,1-2H3,(H,47,51)/b18-17-.